The molecule has 8 nitrogen and oxygen atoms in total. The quantitative estimate of drug-likeness (QED) is 0.267. The Morgan fingerprint density at radius 1 is 1.10 bits per heavy atom. The predicted octanol–water partition coefficient (Wildman–Crippen LogP) is 2.89. The summed E-state index contributed by atoms with van der Waals surface area (Å²) in [4.78, 5) is 16.9. The third-order valence-corrected chi connectivity index (χ3v) is 4.55. The standard InChI is InChI=1S/C23H28N6O2/c1-4-24-23(26-15-22(31)27-19-9-11-20(30)12-10-19)25-14-18-7-5-6-8-21(18)29-17(3)13-16(2)28-29/h5-13,30H,4,14-15H2,1-3H3,(H,27,31)(H2,24,25,26). The zero-order valence-electron chi connectivity index (χ0n) is 18.0. The highest BCUT2D eigenvalue weighted by molar-refractivity contribution is 5.95. The van der Waals surface area contributed by atoms with Crippen molar-refractivity contribution >= 4 is 17.6 Å². The number of para-hydroxylation sites is 1. The van der Waals surface area contributed by atoms with Gasteiger partial charge in [0, 0.05) is 17.9 Å². The van der Waals surface area contributed by atoms with Crippen molar-refractivity contribution in [3.63, 3.8) is 0 Å². The highest BCUT2D eigenvalue weighted by atomic mass is 16.3. The molecule has 1 heterocycles. The lowest BCUT2D eigenvalue weighted by atomic mass is 10.2. The second-order valence-corrected chi connectivity index (χ2v) is 7.11. The Labute approximate surface area is 182 Å². The number of aromatic hydroxyl groups is 1. The van der Waals surface area contributed by atoms with Crippen LogP contribution < -0.4 is 16.0 Å². The van der Waals surface area contributed by atoms with Gasteiger partial charge in [-0.2, -0.15) is 5.10 Å². The Balaban J connectivity index is 1.67. The Bertz CT molecular complexity index is 1060. The van der Waals surface area contributed by atoms with Crippen LogP contribution in [0, 0.1) is 13.8 Å². The van der Waals surface area contributed by atoms with E-state index < -0.39 is 0 Å². The molecule has 0 radical (unpaired) electrons. The fourth-order valence-corrected chi connectivity index (χ4v) is 3.14. The lowest BCUT2D eigenvalue weighted by Crippen LogP contribution is -2.41. The van der Waals surface area contributed by atoms with Crippen molar-refractivity contribution in [2.75, 3.05) is 18.4 Å². The number of aliphatic imine (C=N–C) groups is 1. The summed E-state index contributed by atoms with van der Waals surface area (Å²) in [6.45, 7) is 7.14. The Morgan fingerprint density at radius 2 is 1.84 bits per heavy atom. The smallest absolute Gasteiger partial charge is 0.243 e. The van der Waals surface area contributed by atoms with Crippen LogP contribution in [-0.2, 0) is 11.3 Å². The van der Waals surface area contributed by atoms with E-state index in [-0.39, 0.29) is 18.2 Å². The summed E-state index contributed by atoms with van der Waals surface area (Å²) in [6.07, 6.45) is 0. The molecule has 3 aromatic rings. The van der Waals surface area contributed by atoms with Gasteiger partial charge in [0.1, 0.15) is 5.75 Å². The predicted molar refractivity (Wildman–Crippen MR) is 123 cm³/mol. The van der Waals surface area contributed by atoms with Crippen molar-refractivity contribution in [3.8, 4) is 11.4 Å². The molecule has 2 aromatic carbocycles. The van der Waals surface area contributed by atoms with E-state index in [2.05, 4.69) is 26.0 Å². The monoisotopic (exact) mass is 420 g/mol. The van der Waals surface area contributed by atoms with Gasteiger partial charge in [0.15, 0.2) is 5.96 Å². The number of hydrogen-bond acceptors (Lipinski definition) is 4. The molecule has 0 bridgehead atoms. The van der Waals surface area contributed by atoms with Gasteiger partial charge < -0.3 is 21.1 Å². The fourth-order valence-electron chi connectivity index (χ4n) is 3.14. The first-order chi connectivity index (χ1) is 15.0. The lowest BCUT2D eigenvalue weighted by molar-refractivity contribution is -0.115. The first-order valence-electron chi connectivity index (χ1n) is 10.2. The van der Waals surface area contributed by atoms with Gasteiger partial charge in [0.2, 0.25) is 5.91 Å². The van der Waals surface area contributed by atoms with Crippen LogP contribution in [0.15, 0.2) is 59.6 Å². The minimum atomic E-state index is -0.209. The van der Waals surface area contributed by atoms with Crippen LogP contribution in [0.25, 0.3) is 5.69 Å². The van der Waals surface area contributed by atoms with E-state index in [1.807, 2.05) is 55.8 Å². The highest BCUT2D eigenvalue weighted by Crippen LogP contribution is 2.18. The van der Waals surface area contributed by atoms with Gasteiger partial charge in [-0.25, -0.2) is 9.67 Å². The van der Waals surface area contributed by atoms with Gasteiger partial charge in [-0.05, 0) is 62.7 Å². The molecule has 1 aromatic heterocycles. The van der Waals surface area contributed by atoms with Crippen molar-refractivity contribution in [1.29, 1.82) is 0 Å². The van der Waals surface area contributed by atoms with E-state index in [4.69, 9.17) is 0 Å². The maximum atomic E-state index is 12.2. The number of carbonyl (C=O) groups is 1. The average Bonchev–Trinajstić information content (AvgIpc) is 3.09. The van der Waals surface area contributed by atoms with Crippen LogP contribution in [-0.4, -0.2) is 39.8 Å². The Kier molecular flexibility index (Phi) is 7.26. The summed E-state index contributed by atoms with van der Waals surface area (Å²) in [5.74, 6) is 0.490. The maximum absolute atomic E-state index is 12.2. The van der Waals surface area contributed by atoms with E-state index in [0.29, 0.717) is 24.7 Å². The molecule has 0 saturated heterocycles. The number of phenols is 1. The van der Waals surface area contributed by atoms with Gasteiger partial charge in [-0.1, -0.05) is 18.2 Å². The van der Waals surface area contributed by atoms with Crippen molar-refractivity contribution < 1.29 is 9.90 Å². The summed E-state index contributed by atoms with van der Waals surface area (Å²) in [5, 5.41) is 22.9. The summed E-state index contributed by atoms with van der Waals surface area (Å²) in [6, 6.07) is 16.4. The second-order valence-electron chi connectivity index (χ2n) is 7.11. The van der Waals surface area contributed by atoms with Crippen LogP contribution in [0.1, 0.15) is 23.9 Å². The number of hydrogen-bond donors (Lipinski definition) is 4. The third kappa shape index (κ3) is 6.08. The minimum absolute atomic E-state index is 0.0613. The summed E-state index contributed by atoms with van der Waals surface area (Å²) in [5.41, 5.74) is 4.65. The summed E-state index contributed by atoms with van der Waals surface area (Å²) >= 11 is 0. The number of benzene rings is 2. The van der Waals surface area contributed by atoms with E-state index in [1.54, 1.807) is 12.1 Å². The number of aromatic nitrogens is 2. The largest absolute Gasteiger partial charge is 0.508 e. The first-order valence-corrected chi connectivity index (χ1v) is 10.2. The number of rotatable bonds is 7. The van der Waals surface area contributed by atoms with Crippen molar-refractivity contribution in [3.05, 3.63) is 71.5 Å². The van der Waals surface area contributed by atoms with Crippen molar-refractivity contribution in [2.45, 2.75) is 27.3 Å². The van der Waals surface area contributed by atoms with Crippen molar-refractivity contribution in [1.82, 2.24) is 20.4 Å². The fraction of sp³-hybridized carbons (Fsp3) is 0.261. The van der Waals surface area contributed by atoms with Gasteiger partial charge in [-0.3, -0.25) is 4.79 Å². The molecule has 8 heteroatoms. The van der Waals surface area contributed by atoms with Crippen LogP contribution in [0.4, 0.5) is 5.69 Å². The summed E-state index contributed by atoms with van der Waals surface area (Å²) in [7, 11) is 0. The van der Waals surface area contributed by atoms with Gasteiger partial charge in [-0.15, -0.1) is 0 Å². The third-order valence-electron chi connectivity index (χ3n) is 4.55. The molecule has 162 valence electrons. The van der Waals surface area contributed by atoms with E-state index in [9.17, 15) is 9.90 Å². The van der Waals surface area contributed by atoms with E-state index in [1.165, 1.54) is 12.1 Å². The molecule has 0 aliphatic heterocycles. The number of nitrogens with zero attached hydrogens (tertiary/aromatic N) is 3. The second kappa shape index (κ2) is 10.3. The molecule has 0 atom stereocenters. The van der Waals surface area contributed by atoms with E-state index >= 15 is 0 Å². The van der Waals surface area contributed by atoms with Crippen LogP contribution in [0.3, 0.4) is 0 Å². The highest BCUT2D eigenvalue weighted by Gasteiger charge is 2.09. The topological polar surface area (TPSA) is 104 Å². The molecular weight excluding hydrogens is 392 g/mol. The first kappa shape index (κ1) is 21.9. The number of carbonyl (C=O) groups excluding carboxylic acids is 1. The number of aryl methyl sites for hydroxylation is 2. The van der Waals surface area contributed by atoms with Gasteiger partial charge in [0.25, 0.3) is 0 Å². The normalized spacial score (nSPS) is 11.3. The zero-order chi connectivity index (χ0) is 22.2. The number of phenolic OH excluding ortho intramolecular Hbond substituents is 1. The molecule has 0 unspecified atom stereocenters. The molecule has 1 amide bonds. The Morgan fingerprint density at radius 3 is 2.52 bits per heavy atom. The molecule has 0 saturated carbocycles. The van der Waals surface area contributed by atoms with Gasteiger partial charge in [0.05, 0.1) is 24.5 Å². The Hall–Kier alpha value is -3.81. The molecule has 0 spiro atoms. The number of nitrogens with one attached hydrogen (secondary N) is 3. The number of guanidine groups is 1. The molecule has 3 rings (SSSR count). The van der Waals surface area contributed by atoms with Crippen LogP contribution >= 0.6 is 0 Å². The molecule has 31 heavy (non-hydrogen) atoms. The number of anilines is 1. The average molecular weight is 421 g/mol. The van der Waals surface area contributed by atoms with Crippen molar-refractivity contribution in [2.24, 2.45) is 4.99 Å². The SMILES string of the molecule is CCNC(=NCc1ccccc1-n1nc(C)cc1C)NCC(=O)Nc1ccc(O)cc1. The minimum Gasteiger partial charge on any atom is -0.508 e. The molecule has 4 N–H and O–H groups in total. The van der Waals surface area contributed by atoms with Crippen LogP contribution in [0.5, 0.6) is 5.75 Å². The zero-order valence-corrected chi connectivity index (χ0v) is 18.0. The van der Waals surface area contributed by atoms with Gasteiger partial charge >= 0.3 is 0 Å². The number of amides is 1. The maximum Gasteiger partial charge on any atom is 0.243 e. The van der Waals surface area contributed by atoms with E-state index in [0.717, 1.165) is 22.6 Å². The molecule has 0 fully saturated rings. The molecule has 0 aliphatic rings. The summed E-state index contributed by atoms with van der Waals surface area (Å²) < 4.78 is 1.92. The molecule has 0 aliphatic carbocycles. The van der Waals surface area contributed by atoms with Crippen LogP contribution in [0.2, 0.25) is 0 Å². The lowest BCUT2D eigenvalue weighted by Gasteiger charge is -2.13. The molecular formula is C23H28N6O2.